The summed E-state index contributed by atoms with van der Waals surface area (Å²) in [6, 6.07) is 0. The Morgan fingerprint density at radius 3 is 0.895 bits per heavy atom. The Bertz CT molecular complexity index is 688. The van der Waals surface area contributed by atoms with Gasteiger partial charge in [-0.05, 0) is 0 Å². The summed E-state index contributed by atoms with van der Waals surface area (Å²) in [7, 11) is 0. The van der Waals surface area contributed by atoms with Gasteiger partial charge in [-0.25, -0.2) is 4.79 Å². The standard InChI is InChI=1S/C10H16N2O8.C6H8O7.5Na.5H/c1-7(13)17-11(18-8(2)14)5-6-12(19-9(3)15)20-10(4)16;7-3(8)1-6(13,5(11)12)2-4(9)10;;;;;;;;;;/h5-6H2,1-4H3;13H,1-2H2,(H,7,8)(H,9,10)(H,11,12);;;;;;;;;;. The van der Waals surface area contributed by atoms with Gasteiger partial charge in [0, 0.05) is 38.1 Å². The van der Waals surface area contributed by atoms with Gasteiger partial charge in [-0.3, -0.25) is 28.8 Å². The van der Waals surface area contributed by atoms with Crippen LogP contribution in [0.25, 0.3) is 0 Å². The Hall–Kier alpha value is 1.17. The van der Waals surface area contributed by atoms with Crippen molar-refractivity contribution in [3.63, 3.8) is 0 Å². The van der Waals surface area contributed by atoms with E-state index < -0.39 is 60.2 Å². The van der Waals surface area contributed by atoms with Crippen molar-refractivity contribution in [2.75, 3.05) is 13.1 Å². The van der Waals surface area contributed by atoms with E-state index >= 15 is 0 Å². The molecule has 0 rings (SSSR count). The molecule has 0 aliphatic carbocycles. The van der Waals surface area contributed by atoms with E-state index in [0.717, 1.165) is 27.7 Å². The van der Waals surface area contributed by atoms with Crippen LogP contribution in [0.1, 0.15) is 40.5 Å². The number of rotatable bonds is 12. The van der Waals surface area contributed by atoms with Crippen molar-refractivity contribution in [3.8, 4) is 0 Å². The van der Waals surface area contributed by atoms with Gasteiger partial charge in [-0.2, -0.15) is 0 Å². The number of hydroxylamine groups is 4. The molecule has 0 aromatic carbocycles. The Morgan fingerprint density at radius 1 is 0.553 bits per heavy atom. The van der Waals surface area contributed by atoms with Gasteiger partial charge in [-0.15, -0.1) is 0 Å². The van der Waals surface area contributed by atoms with Gasteiger partial charge >= 0.3 is 190 Å². The predicted molar refractivity (Wildman–Crippen MR) is 133 cm³/mol. The first-order valence-electron chi connectivity index (χ1n) is 8.67. The molecule has 0 amide bonds. The van der Waals surface area contributed by atoms with Crippen LogP contribution >= 0.6 is 0 Å². The molecule has 0 aromatic rings. The normalized spacial score (nSPS) is 9.03. The van der Waals surface area contributed by atoms with Crippen molar-refractivity contribution in [3.05, 3.63) is 0 Å². The van der Waals surface area contributed by atoms with E-state index in [-0.39, 0.29) is 161 Å². The Morgan fingerprint density at radius 2 is 0.763 bits per heavy atom. The second kappa shape index (κ2) is 29.7. The zero-order chi connectivity index (χ0) is 26.4. The molecule has 0 fully saturated rings. The second-order valence-corrected chi connectivity index (χ2v) is 5.92. The summed E-state index contributed by atoms with van der Waals surface area (Å²) in [4.78, 5) is 91.9. The molecule has 0 unspecified atom stereocenters. The van der Waals surface area contributed by atoms with Crippen molar-refractivity contribution in [1.29, 1.82) is 0 Å². The van der Waals surface area contributed by atoms with Gasteiger partial charge in [0.2, 0.25) is 0 Å². The summed E-state index contributed by atoms with van der Waals surface area (Å²) >= 11 is 0. The van der Waals surface area contributed by atoms with E-state index in [1.54, 1.807) is 0 Å². The number of aliphatic hydroxyl groups is 1. The molecule has 38 heavy (non-hydrogen) atoms. The van der Waals surface area contributed by atoms with E-state index in [4.69, 9.17) is 20.4 Å². The molecule has 0 heterocycles. The molecule has 0 bridgehead atoms. The molecule has 4 N–H and O–H groups in total. The van der Waals surface area contributed by atoms with Crippen LogP contribution in [-0.2, 0) is 52.9 Å². The fourth-order valence-electron chi connectivity index (χ4n) is 1.67. The van der Waals surface area contributed by atoms with E-state index in [2.05, 4.69) is 19.4 Å². The molecule has 0 spiro atoms. The number of hydrogen-bond acceptors (Lipinski definition) is 14. The zero-order valence-electron chi connectivity index (χ0n) is 18.0. The van der Waals surface area contributed by atoms with Crippen LogP contribution in [0.4, 0.5) is 0 Å². The van der Waals surface area contributed by atoms with Crippen LogP contribution in [0.5, 0.6) is 0 Å². The third-order valence-electron chi connectivity index (χ3n) is 2.67. The molecule has 0 atom stereocenters. The van der Waals surface area contributed by atoms with E-state index in [9.17, 15) is 33.6 Å². The fourth-order valence-corrected chi connectivity index (χ4v) is 1.67. The Balaban J connectivity index is -0.0000000952. The summed E-state index contributed by atoms with van der Waals surface area (Å²) in [6.45, 7) is 3.97. The number of carbonyl (C=O) groups excluding carboxylic acids is 4. The van der Waals surface area contributed by atoms with Crippen LogP contribution in [-0.4, -0.2) is 239 Å². The molecule has 198 valence electrons. The summed E-state index contributed by atoms with van der Waals surface area (Å²) in [5, 5.41) is 35.0. The maximum atomic E-state index is 10.8. The molecule has 0 aliphatic heterocycles. The Kier molecular flexibility index (Phi) is 43.0. The average molecular weight is 604 g/mol. The number of carboxylic acids is 3. The van der Waals surface area contributed by atoms with Crippen LogP contribution in [0.3, 0.4) is 0 Å². The van der Waals surface area contributed by atoms with Gasteiger partial charge in [0.15, 0.2) is 5.60 Å². The van der Waals surface area contributed by atoms with Gasteiger partial charge in [0.1, 0.15) is 0 Å². The van der Waals surface area contributed by atoms with E-state index in [1.165, 1.54) is 0 Å². The first-order valence-corrected chi connectivity index (χ1v) is 8.67. The molecule has 0 radical (unpaired) electrons. The zero-order valence-corrected chi connectivity index (χ0v) is 18.0. The number of aliphatic carboxylic acids is 3. The topological polar surface area (TPSA) is 244 Å². The quantitative estimate of drug-likeness (QED) is 0.120. The third-order valence-corrected chi connectivity index (χ3v) is 2.67. The van der Waals surface area contributed by atoms with Gasteiger partial charge < -0.3 is 39.8 Å². The molecule has 0 aromatic heterocycles. The van der Waals surface area contributed by atoms with Crippen LogP contribution < -0.4 is 0 Å². The second-order valence-electron chi connectivity index (χ2n) is 5.92. The van der Waals surface area contributed by atoms with Crippen LogP contribution in [0.2, 0.25) is 0 Å². The number of hydrogen-bond donors (Lipinski definition) is 4. The summed E-state index contributed by atoms with van der Waals surface area (Å²) in [5.41, 5.74) is -2.74. The van der Waals surface area contributed by atoms with Crippen LogP contribution in [0.15, 0.2) is 0 Å². The molecule has 0 saturated heterocycles. The third kappa shape index (κ3) is 33.4. The monoisotopic (exact) mass is 604 g/mol. The summed E-state index contributed by atoms with van der Waals surface area (Å²) < 4.78 is 0. The van der Waals surface area contributed by atoms with Gasteiger partial charge in [-0.1, -0.05) is 0 Å². The van der Waals surface area contributed by atoms with Crippen molar-refractivity contribution < 1.29 is 73.3 Å². The number of nitrogens with zero attached hydrogens (tertiary/aromatic N) is 2. The first-order chi connectivity index (χ1) is 15.0. The number of carbonyl (C=O) groups is 7. The van der Waals surface area contributed by atoms with E-state index in [0.29, 0.717) is 10.5 Å². The summed E-state index contributed by atoms with van der Waals surface area (Å²) in [6.07, 6.45) is -2.29. The van der Waals surface area contributed by atoms with Crippen LogP contribution in [0, 0.1) is 0 Å². The molecular formula is C16H29N2Na5O15. The number of carboxylic acid groups (broad SMARTS) is 3. The fraction of sp³-hybridized carbons (Fsp3) is 0.562. The summed E-state index contributed by atoms with van der Waals surface area (Å²) in [5.74, 6) is -7.92. The van der Waals surface area contributed by atoms with Crippen molar-refractivity contribution in [1.82, 2.24) is 10.5 Å². The Labute approximate surface area is 327 Å². The van der Waals surface area contributed by atoms with Gasteiger partial charge in [0.05, 0.1) is 25.9 Å². The van der Waals surface area contributed by atoms with Crippen molar-refractivity contribution in [2.45, 2.75) is 46.1 Å². The SMILES string of the molecule is CC(=O)ON(CCN(OC(C)=O)OC(C)=O)OC(C)=O.O=C(O)CC(O)(CC(=O)O)C(=O)O.[NaH].[NaH].[NaH].[NaH].[NaH]. The van der Waals surface area contributed by atoms with Crippen molar-refractivity contribution in [2.24, 2.45) is 0 Å². The molecular weight excluding hydrogens is 575 g/mol. The minimum atomic E-state index is -2.74. The van der Waals surface area contributed by atoms with Gasteiger partial charge in [0.25, 0.3) is 0 Å². The van der Waals surface area contributed by atoms with Crippen molar-refractivity contribution >= 4 is 190 Å². The maximum absolute atomic E-state index is 10.8. The molecule has 22 heteroatoms. The predicted octanol–water partition coefficient (Wildman–Crippen LogP) is -4.99. The average Bonchev–Trinajstić information content (AvgIpc) is 2.56. The molecule has 0 aliphatic rings. The molecule has 17 nitrogen and oxygen atoms in total. The molecule has 0 saturated carbocycles. The van der Waals surface area contributed by atoms with E-state index in [1.807, 2.05) is 0 Å². The minimum absolute atomic E-state index is 0. The first kappa shape index (κ1) is 55.1.